The molecule has 1 saturated heterocycles. The van der Waals surface area contributed by atoms with Crippen LogP contribution in [0.4, 0.5) is 0 Å². The first kappa shape index (κ1) is 23.2. The van der Waals surface area contributed by atoms with Crippen molar-refractivity contribution in [3.05, 3.63) is 48.0 Å². The summed E-state index contributed by atoms with van der Waals surface area (Å²) < 4.78 is 22.1. The molecule has 1 fully saturated rings. The summed E-state index contributed by atoms with van der Waals surface area (Å²) in [6.45, 7) is 3.77. The van der Waals surface area contributed by atoms with Crippen molar-refractivity contribution in [2.75, 3.05) is 46.6 Å². The standard InChI is InChI=1S/C25H32N2O6/c1-30-19-5-7-20(8-6-19)31-13-10-24(28)26-21(17-27-11-2-3-12-27)25(29)18-4-9-22-23(16-18)33-15-14-32-22/h4-9,16,21,25,29H,2-3,10-15,17H2,1H3,(H,26,28)/t21-,25-/m0/s1. The minimum Gasteiger partial charge on any atom is -0.497 e. The highest BCUT2D eigenvalue weighted by Crippen LogP contribution is 2.33. The molecule has 2 aromatic rings. The second-order valence-corrected chi connectivity index (χ2v) is 8.30. The predicted molar refractivity (Wildman–Crippen MR) is 123 cm³/mol. The highest BCUT2D eigenvalue weighted by Gasteiger charge is 2.27. The van der Waals surface area contributed by atoms with E-state index in [0.717, 1.165) is 31.7 Å². The second-order valence-electron chi connectivity index (χ2n) is 8.30. The van der Waals surface area contributed by atoms with Crippen LogP contribution in [-0.2, 0) is 4.79 Å². The van der Waals surface area contributed by atoms with E-state index in [-0.39, 0.29) is 18.9 Å². The van der Waals surface area contributed by atoms with Gasteiger partial charge in [0.25, 0.3) is 0 Å². The fourth-order valence-electron chi connectivity index (χ4n) is 4.16. The summed E-state index contributed by atoms with van der Waals surface area (Å²) in [6, 6.07) is 12.2. The Balaban J connectivity index is 1.36. The van der Waals surface area contributed by atoms with Crippen LogP contribution < -0.4 is 24.3 Å². The average molecular weight is 457 g/mol. The summed E-state index contributed by atoms with van der Waals surface area (Å²) in [7, 11) is 1.61. The van der Waals surface area contributed by atoms with E-state index >= 15 is 0 Å². The molecule has 0 bridgehead atoms. The van der Waals surface area contributed by atoms with Crippen LogP contribution >= 0.6 is 0 Å². The number of benzene rings is 2. The van der Waals surface area contributed by atoms with E-state index in [4.69, 9.17) is 18.9 Å². The number of carbonyl (C=O) groups is 1. The van der Waals surface area contributed by atoms with E-state index in [9.17, 15) is 9.90 Å². The summed E-state index contributed by atoms with van der Waals surface area (Å²) in [4.78, 5) is 15.0. The molecule has 0 unspecified atom stereocenters. The number of carbonyl (C=O) groups excluding carboxylic acids is 1. The first-order valence-electron chi connectivity index (χ1n) is 11.5. The third-order valence-electron chi connectivity index (χ3n) is 5.95. The first-order valence-corrected chi connectivity index (χ1v) is 11.5. The van der Waals surface area contributed by atoms with Crippen molar-refractivity contribution in [1.29, 1.82) is 0 Å². The number of aliphatic hydroxyl groups excluding tert-OH is 1. The molecular weight excluding hydrogens is 424 g/mol. The molecule has 0 aliphatic carbocycles. The maximum absolute atomic E-state index is 12.7. The molecule has 4 rings (SSSR count). The van der Waals surface area contributed by atoms with Crippen LogP contribution in [0.25, 0.3) is 0 Å². The van der Waals surface area contributed by atoms with Crippen LogP contribution in [0.2, 0.25) is 0 Å². The van der Waals surface area contributed by atoms with Gasteiger partial charge in [-0.25, -0.2) is 0 Å². The van der Waals surface area contributed by atoms with E-state index in [0.29, 0.717) is 42.6 Å². The van der Waals surface area contributed by atoms with Gasteiger partial charge in [0.05, 0.1) is 26.2 Å². The zero-order chi connectivity index (χ0) is 23.0. The lowest BCUT2D eigenvalue weighted by molar-refractivity contribution is -0.123. The van der Waals surface area contributed by atoms with Crippen LogP contribution in [0.15, 0.2) is 42.5 Å². The van der Waals surface area contributed by atoms with Gasteiger partial charge in [-0.15, -0.1) is 0 Å². The van der Waals surface area contributed by atoms with Crippen LogP contribution in [0.1, 0.15) is 30.9 Å². The molecule has 2 atom stereocenters. The molecule has 8 heteroatoms. The van der Waals surface area contributed by atoms with Crippen LogP contribution in [-0.4, -0.2) is 68.5 Å². The minimum absolute atomic E-state index is 0.163. The van der Waals surface area contributed by atoms with Crippen LogP contribution in [0, 0.1) is 0 Å². The summed E-state index contributed by atoms with van der Waals surface area (Å²) in [5, 5.41) is 14.2. The molecule has 33 heavy (non-hydrogen) atoms. The number of aliphatic hydroxyl groups is 1. The molecule has 2 aliphatic rings. The lowest BCUT2D eigenvalue weighted by Crippen LogP contribution is -2.47. The number of ether oxygens (including phenoxy) is 4. The highest BCUT2D eigenvalue weighted by atomic mass is 16.6. The number of likely N-dealkylation sites (tertiary alicyclic amines) is 1. The Bertz CT molecular complexity index is 914. The zero-order valence-electron chi connectivity index (χ0n) is 19.0. The molecule has 2 aliphatic heterocycles. The smallest absolute Gasteiger partial charge is 0.223 e. The SMILES string of the molecule is COc1ccc(OCCC(=O)N[C@@H](CN2CCCC2)[C@@H](O)c2ccc3c(c2)OCCO3)cc1. The van der Waals surface area contributed by atoms with Gasteiger partial charge in [-0.05, 0) is 67.9 Å². The molecule has 0 spiro atoms. The van der Waals surface area contributed by atoms with Gasteiger partial charge >= 0.3 is 0 Å². The zero-order valence-corrected chi connectivity index (χ0v) is 19.0. The summed E-state index contributed by atoms with van der Waals surface area (Å²) in [6.07, 6.45) is 1.59. The summed E-state index contributed by atoms with van der Waals surface area (Å²) in [5.41, 5.74) is 0.693. The largest absolute Gasteiger partial charge is 0.497 e. The van der Waals surface area contributed by atoms with Crippen molar-refractivity contribution in [3.8, 4) is 23.0 Å². The molecule has 1 amide bonds. The Labute approximate surface area is 194 Å². The lowest BCUT2D eigenvalue weighted by atomic mass is 10.0. The number of rotatable bonds is 10. The predicted octanol–water partition coefficient (Wildman–Crippen LogP) is 2.55. The summed E-state index contributed by atoms with van der Waals surface area (Å²) >= 11 is 0. The maximum atomic E-state index is 12.7. The van der Waals surface area contributed by atoms with Gasteiger partial charge in [-0.3, -0.25) is 4.79 Å². The molecule has 0 saturated carbocycles. The molecule has 2 heterocycles. The van der Waals surface area contributed by atoms with Crippen molar-refractivity contribution in [1.82, 2.24) is 10.2 Å². The first-order chi connectivity index (χ1) is 16.1. The average Bonchev–Trinajstić information content (AvgIpc) is 3.36. The highest BCUT2D eigenvalue weighted by molar-refractivity contribution is 5.76. The van der Waals surface area contributed by atoms with Gasteiger partial charge < -0.3 is 34.3 Å². The molecule has 2 N–H and O–H groups in total. The molecule has 8 nitrogen and oxygen atoms in total. The van der Waals surface area contributed by atoms with E-state index in [2.05, 4.69) is 10.2 Å². The van der Waals surface area contributed by atoms with Crippen LogP contribution in [0.5, 0.6) is 23.0 Å². The Hall–Kier alpha value is -2.97. The monoisotopic (exact) mass is 456 g/mol. The van der Waals surface area contributed by atoms with Gasteiger partial charge in [-0.1, -0.05) is 6.07 Å². The van der Waals surface area contributed by atoms with Gasteiger partial charge in [0, 0.05) is 6.54 Å². The number of hydrogen-bond acceptors (Lipinski definition) is 7. The Morgan fingerprint density at radius 3 is 2.48 bits per heavy atom. The number of fused-ring (bicyclic) bond motifs is 1. The van der Waals surface area contributed by atoms with Crippen molar-refractivity contribution in [2.45, 2.75) is 31.4 Å². The Kier molecular flexibility index (Phi) is 7.91. The fourth-order valence-corrected chi connectivity index (χ4v) is 4.16. The minimum atomic E-state index is -0.868. The lowest BCUT2D eigenvalue weighted by Gasteiger charge is -2.29. The second kappa shape index (κ2) is 11.2. The van der Waals surface area contributed by atoms with Gasteiger partial charge in [0.2, 0.25) is 5.91 Å². The number of nitrogens with one attached hydrogen (secondary N) is 1. The third kappa shape index (κ3) is 6.30. The van der Waals surface area contributed by atoms with Gasteiger partial charge in [-0.2, -0.15) is 0 Å². The molecule has 0 radical (unpaired) electrons. The molecular formula is C25H32N2O6. The van der Waals surface area contributed by atoms with Crippen LogP contribution in [0.3, 0.4) is 0 Å². The quantitative estimate of drug-likeness (QED) is 0.568. The van der Waals surface area contributed by atoms with Crippen molar-refractivity contribution < 1.29 is 28.8 Å². The number of nitrogens with zero attached hydrogens (tertiary/aromatic N) is 1. The Morgan fingerprint density at radius 2 is 1.76 bits per heavy atom. The fraction of sp³-hybridized carbons (Fsp3) is 0.480. The normalized spacial score (nSPS) is 17.3. The topological polar surface area (TPSA) is 89.5 Å². The third-order valence-corrected chi connectivity index (χ3v) is 5.95. The molecule has 2 aromatic carbocycles. The van der Waals surface area contributed by atoms with Gasteiger partial charge in [0.1, 0.15) is 30.8 Å². The van der Waals surface area contributed by atoms with Crippen molar-refractivity contribution >= 4 is 5.91 Å². The van der Waals surface area contributed by atoms with E-state index in [1.165, 1.54) is 0 Å². The van der Waals surface area contributed by atoms with Crippen molar-refractivity contribution in [3.63, 3.8) is 0 Å². The van der Waals surface area contributed by atoms with E-state index in [1.807, 2.05) is 24.3 Å². The molecule has 178 valence electrons. The number of methoxy groups -OCH3 is 1. The number of amides is 1. The van der Waals surface area contributed by atoms with E-state index < -0.39 is 12.1 Å². The van der Waals surface area contributed by atoms with Crippen molar-refractivity contribution in [2.24, 2.45) is 0 Å². The molecule has 0 aromatic heterocycles. The maximum Gasteiger partial charge on any atom is 0.223 e. The number of hydrogen-bond donors (Lipinski definition) is 2. The van der Waals surface area contributed by atoms with E-state index in [1.54, 1.807) is 25.3 Å². The Morgan fingerprint density at radius 1 is 1.06 bits per heavy atom. The van der Waals surface area contributed by atoms with Gasteiger partial charge in [0.15, 0.2) is 11.5 Å². The summed E-state index contributed by atoms with van der Waals surface area (Å²) in [5.74, 6) is 2.56.